The summed E-state index contributed by atoms with van der Waals surface area (Å²) in [5, 5.41) is 3.57. The minimum atomic E-state index is -3.57. The number of nitrogens with one attached hydrogen (secondary N) is 1. The van der Waals surface area contributed by atoms with Gasteiger partial charge in [-0.15, -0.1) is 0 Å². The van der Waals surface area contributed by atoms with Crippen molar-refractivity contribution in [3.8, 4) is 0 Å². The summed E-state index contributed by atoms with van der Waals surface area (Å²) in [6, 6.07) is 6.39. The van der Waals surface area contributed by atoms with Crippen molar-refractivity contribution in [2.24, 2.45) is 23.7 Å². The van der Waals surface area contributed by atoms with Crippen molar-refractivity contribution in [2.75, 3.05) is 13.1 Å². The molecule has 4 aliphatic rings. The molecule has 0 aromatic heterocycles. The first kappa shape index (κ1) is 23.1. The molecule has 4 fully saturated rings. The maximum atomic E-state index is 13.1. The van der Waals surface area contributed by atoms with E-state index >= 15 is 0 Å². The third kappa shape index (κ3) is 5.28. The number of halogens is 1. The van der Waals surface area contributed by atoms with Crippen LogP contribution in [0, 0.1) is 23.7 Å². The molecule has 1 unspecified atom stereocenters. The summed E-state index contributed by atoms with van der Waals surface area (Å²) < 4.78 is 27.8. The van der Waals surface area contributed by atoms with Gasteiger partial charge in [0, 0.05) is 30.1 Å². The number of sulfonamides is 1. The van der Waals surface area contributed by atoms with Gasteiger partial charge in [0.05, 0.1) is 4.90 Å². The van der Waals surface area contributed by atoms with Gasteiger partial charge in [-0.05, 0) is 87.3 Å². The van der Waals surface area contributed by atoms with E-state index in [2.05, 4.69) is 12.2 Å². The van der Waals surface area contributed by atoms with Crippen LogP contribution in [-0.2, 0) is 14.8 Å². The predicted molar refractivity (Wildman–Crippen MR) is 123 cm³/mol. The number of fused-ring (bicyclic) bond motifs is 4. The average Bonchev–Trinajstić information content (AvgIpc) is 3.16. The highest BCUT2D eigenvalue weighted by Crippen LogP contribution is 2.46. The molecule has 172 valence electrons. The van der Waals surface area contributed by atoms with Crippen LogP contribution in [0.25, 0.3) is 0 Å². The second-order valence-corrected chi connectivity index (χ2v) is 12.2. The molecule has 1 aromatic carbocycles. The molecule has 1 aromatic rings. The maximum absolute atomic E-state index is 13.1. The van der Waals surface area contributed by atoms with Gasteiger partial charge < -0.3 is 5.32 Å². The molecule has 5 rings (SSSR count). The minimum absolute atomic E-state index is 0.0719. The Balaban J connectivity index is 1.32. The van der Waals surface area contributed by atoms with Gasteiger partial charge in [-0.25, -0.2) is 8.42 Å². The molecule has 5 nitrogen and oxygen atoms in total. The number of rotatable bonds is 7. The van der Waals surface area contributed by atoms with Crippen LogP contribution in [0.5, 0.6) is 0 Å². The third-order valence-corrected chi connectivity index (χ3v) is 9.87. The lowest BCUT2D eigenvalue weighted by Crippen LogP contribution is -2.41. The Bertz CT molecular complexity index is 885. The van der Waals surface area contributed by atoms with Crippen molar-refractivity contribution in [3.05, 3.63) is 29.3 Å². The summed E-state index contributed by atoms with van der Waals surface area (Å²) in [5.74, 6) is 2.58. The van der Waals surface area contributed by atoms with Crippen molar-refractivity contribution < 1.29 is 13.2 Å². The Kier molecular flexibility index (Phi) is 7.29. The molecule has 3 atom stereocenters. The van der Waals surface area contributed by atoms with E-state index in [4.69, 9.17) is 11.6 Å². The Hall–Kier alpha value is -1.11. The van der Waals surface area contributed by atoms with E-state index in [0.717, 1.165) is 43.9 Å². The van der Waals surface area contributed by atoms with Gasteiger partial charge in [-0.2, -0.15) is 4.31 Å². The van der Waals surface area contributed by atoms with Gasteiger partial charge >= 0.3 is 0 Å². The summed E-state index contributed by atoms with van der Waals surface area (Å²) in [6.07, 6.45) is 9.42. The highest BCUT2D eigenvalue weighted by Gasteiger charge is 2.38. The molecule has 1 heterocycles. The average molecular weight is 467 g/mol. The Labute approximate surface area is 192 Å². The van der Waals surface area contributed by atoms with E-state index in [1.165, 1.54) is 25.3 Å². The summed E-state index contributed by atoms with van der Waals surface area (Å²) >= 11 is 6.01. The molecule has 1 amide bonds. The van der Waals surface area contributed by atoms with Crippen LogP contribution in [0.3, 0.4) is 0 Å². The SMILES string of the molecule is CC[C@@H]1C[C@@H](C(=O)NCCC2CCCN2S(=O)(=O)c2cccc(Cl)c2)C[C@H]2C[C@@H](C1)C2. The molecule has 1 aliphatic heterocycles. The standard InChI is InChI=1S/C24H35ClN2O3S/c1-2-17-11-18-12-19(13-18)15-20(14-17)24(28)26-9-8-22-6-4-10-27(22)31(29,30)23-7-3-5-21(25)16-23/h3,5,7,16-20,22H,2,4,6,8-15H2,1H3,(H,26,28)/t17-,18-,19+,20+,22?/m0/s1. The molecule has 1 saturated heterocycles. The van der Waals surface area contributed by atoms with E-state index in [1.807, 2.05) is 0 Å². The number of carbonyl (C=O) groups is 1. The summed E-state index contributed by atoms with van der Waals surface area (Å²) in [4.78, 5) is 13.2. The normalized spacial score (nSPS) is 31.5. The van der Waals surface area contributed by atoms with Crippen LogP contribution >= 0.6 is 11.6 Å². The molecule has 0 spiro atoms. The van der Waals surface area contributed by atoms with E-state index in [-0.39, 0.29) is 22.8 Å². The van der Waals surface area contributed by atoms with Crippen molar-refractivity contribution in [1.82, 2.24) is 9.62 Å². The number of nitrogens with zero attached hydrogens (tertiary/aromatic N) is 1. The fourth-order valence-electron chi connectivity index (χ4n) is 5.96. The van der Waals surface area contributed by atoms with Gasteiger partial charge in [0.15, 0.2) is 0 Å². The smallest absolute Gasteiger partial charge is 0.243 e. The summed E-state index contributed by atoms with van der Waals surface area (Å²) in [5.41, 5.74) is 0. The van der Waals surface area contributed by atoms with E-state index in [0.29, 0.717) is 30.5 Å². The van der Waals surface area contributed by atoms with Crippen molar-refractivity contribution in [2.45, 2.75) is 75.6 Å². The Morgan fingerprint density at radius 3 is 2.68 bits per heavy atom. The van der Waals surface area contributed by atoms with E-state index in [9.17, 15) is 13.2 Å². The lowest BCUT2D eigenvalue weighted by atomic mass is 9.63. The number of carbonyl (C=O) groups excluding carboxylic acids is 1. The van der Waals surface area contributed by atoms with Crippen LogP contribution < -0.4 is 5.32 Å². The van der Waals surface area contributed by atoms with Gasteiger partial charge in [-0.3, -0.25) is 4.79 Å². The predicted octanol–water partition coefficient (Wildman–Crippen LogP) is 4.85. The lowest BCUT2D eigenvalue weighted by molar-refractivity contribution is -0.127. The van der Waals surface area contributed by atoms with Crippen LogP contribution in [0.2, 0.25) is 5.02 Å². The van der Waals surface area contributed by atoms with Crippen molar-refractivity contribution in [3.63, 3.8) is 0 Å². The van der Waals surface area contributed by atoms with Crippen LogP contribution in [-0.4, -0.2) is 37.8 Å². The second kappa shape index (κ2) is 9.80. The molecular formula is C24H35ClN2O3S. The minimum Gasteiger partial charge on any atom is -0.356 e. The van der Waals surface area contributed by atoms with Crippen molar-refractivity contribution >= 4 is 27.5 Å². The number of hydrogen-bond donors (Lipinski definition) is 1. The zero-order valence-electron chi connectivity index (χ0n) is 18.4. The van der Waals surface area contributed by atoms with Gasteiger partial charge in [0.1, 0.15) is 0 Å². The molecule has 1 N–H and O–H groups in total. The van der Waals surface area contributed by atoms with Gasteiger partial charge in [-0.1, -0.05) is 31.0 Å². The monoisotopic (exact) mass is 466 g/mol. The number of benzene rings is 1. The molecular weight excluding hydrogens is 432 g/mol. The van der Waals surface area contributed by atoms with Crippen LogP contribution in [0.1, 0.15) is 64.7 Å². The largest absolute Gasteiger partial charge is 0.356 e. The topological polar surface area (TPSA) is 66.5 Å². The lowest BCUT2D eigenvalue weighted by Gasteiger charge is -2.42. The zero-order chi connectivity index (χ0) is 22.0. The molecule has 0 radical (unpaired) electrons. The van der Waals surface area contributed by atoms with E-state index in [1.54, 1.807) is 22.5 Å². The summed E-state index contributed by atoms with van der Waals surface area (Å²) in [7, 11) is -3.57. The first-order chi connectivity index (χ1) is 14.9. The molecule has 2 bridgehead atoms. The summed E-state index contributed by atoms with van der Waals surface area (Å²) in [6.45, 7) is 3.30. The molecule has 31 heavy (non-hydrogen) atoms. The molecule has 3 aliphatic carbocycles. The first-order valence-electron chi connectivity index (χ1n) is 11.9. The van der Waals surface area contributed by atoms with Gasteiger partial charge in [0.25, 0.3) is 0 Å². The third-order valence-electron chi connectivity index (χ3n) is 7.69. The van der Waals surface area contributed by atoms with E-state index < -0.39 is 10.0 Å². The molecule has 3 saturated carbocycles. The number of amides is 1. The fourth-order valence-corrected chi connectivity index (χ4v) is 7.98. The maximum Gasteiger partial charge on any atom is 0.243 e. The second-order valence-electron chi connectivity index (χ2n) is 9.83. The highest BCUT2D eigenvalue weighted by atomic mass is 35.5. The zero-order valence-corrected chi connectivity index (χ0v) is 20.0. The highest BCUT2D eigenvalue weighted by molar-refractivity contribution is 7.89. The first-order valence-corrected chi connectivity index (χ1v) is 13.7. The Morgan fingerprint density at radius 1 is 1.16 bits per heavy atom. The van der Waals surface area contributed by atoms with Gasteiger partial charge in [0.2, 0.25) is 15.9 Å². The fraction of sp³-hybridized carbons (Fsp3) is 0.708. The van der Waals surface area contributed by atoms with Crippen molar-refractivity contribution in [1.29, 1.82) is 0 Å². The van der Waals surface area contributed by atoms with Crippen LogP contribution in [0.4, 0.5) is 0 Å². The van der Waals surface area contributed by atoms with Crippen LogP contribution in [0.15, 0.2) is 29.2 Å². The Morgan fingerprint density at radius 2 is 1.94 bits per heavy atom. The quantitative estimate of drug-likeness (QED) is 0.624. The molecule has 7 heteroatoms. The number of hydrogen-bond acceptors (Lipinski definition) is 3.